The number of nitrogens with zero attached hydrogens (tertiary/aromatic N) is 1. The molecule has 2 rings (SSSR count). The summed E-state index contributed by atoms with van der Waals surface area (Å²) in [6, 6.07) is 14.4. The van der Waals surface area contributed by atoms with Crippen LogP contribution in [0.1, 0.15) is 24.5 Å². The number of carbonyl (C=O) groups is 2. The maximum atomic E-state index is 11.9. The van der Waals surface area contributed by atoms with Gasteiger partial charge in [-0.3, -0.25) is 9.59 Å². The second kappa shape index (κ2) is 9.22. The van der Waals surface area contributed by atoms with Gasteiger partial charge in [-0.1, -0.05) is 31.2 Å². The maximum Gasteiger partial charge on any atom is 0.329 e. The molecule has 0 heterocycles. The maximum absolute atomic E-state index is 11.9. The average molecular weight is 339 g/mol. The van der Waals surface area contributed by atoms with Crippen molar-refractivity contribution >= 4 is 23.7 Å². The van der Waals surface area contributed by atoms with Crippen molar-refractivity contribution in [2.45, 2.75) is 20.3 Å². The lowest BCUT2D eigenvalue weighted by atomic mass is 10.1. The normalized spacial score (nSPS) is 10.5. The van der Waals surface area contributed by atoms with Crippen molar-refractivity contribution in [1.82, 2.24) is 5.43 Å². The molecule has 0 unspecified atom stereocenters. The highest BCUT2D eigenvalue weighted by Gasteiger charge is 2.12. The van der Waals surface area contributed by atoms with Crippen LogP contribution in [0, 0.1) is 6.92 Å². The molecule has 25 heavy (non-hydrogen) atoms. The van der Waals surface area contributed by atoms with E-state index in [4.69, 9.17) is 4.74 Å². The quantitative estimate of drug-likeness (QED) is 0.482. The van der Waals surface area contributed by atoms with Crippen molar-refractivity contribution in [3.8, 4) is 5.75 Å². The predicted molar refractivity (Wildman–Crippen MR) is 97.8 cm³/mol. The summed E-state index contributed by atoms with van der Waals surface area (Å²) in [6.07, 6.45) is 2.42. The Labute approximate surface area is 146 Å². The fourth-order valence-corrected chi connectivity index (χ4v) is 1.99. The highest BCUT2D eigenvalue weighted by molar-refractivity contribution is 6.39. The Hall–Kier alpha value is -3.15. The first-order chi connectivity index (χ1) is 12.1. The van der Waals surface area contributed by atoms with Gasteiger partial charge in [0.15, 0.2) is 0 Å². The minimum Gasteiger partial charge on any atom is -0.494 e. The van der Waals surface area contributed by atoms with Crippen molar-refractivity contribution < 1.29 is 14.3 Å². The van der Waals surface area contributed by atoms with Gasteiger partial charge in [0.1, 0.15) is 5.75 Å². The van der Waals surface area contributed by atoms with Gasteiger partial charge in [0, 0.05) is 5.69 Å². The molecule has 130 valence electrons. The van der Waals surface area contributed by atoms with E-state index in [0.29, 0.717) is 18.0 Å². The number of nitrogens with one attached hydrogen (secondary N) is 2. The molecule has 0 aliphatic heterocycles. The molecule has 0 saturated heterocycles. The van der Waals surface area contributed by atoms with Crippen LogP contribution >= 0.6 is 0 Å². The van der Waals surface area contributed by atoms with Gasteiger partial charge in [-0.15, -0.1) is 0 Å². The average Bonchev–Trinajstić information content (AvgIpc) is 2.62. The van der Waals surface area contributed by atoms with E-state index in [-0.39, 0.29) is 0 Å². The third kappa shape index (κ3) is 5.76. The number of hydrogen-bond acceptors (Lipinski definition) is 4. The molecule has 2 aromatic carbocycles. The number of carbonyl (C=O) groups excluding carboxylic acids is 2. The predicted octanol–water partition coefficient (Wildman–Crippen LogP) is 2.87. The summed E-state index contributed by atoms with van der Waals surface area (Å²) in [4.78, 5) is 23.6. The minimum atomic E-state index is -0.837. The second-order valence-corrected chi connectivity index (χ2v) is 5.38. The van der Waals surface area contributed by atoms with Gasteiger partial charge >= 0.3 is 11.8 Å². The SMILES string of the molecule is CCCOc1ccc(NC(=O)C(=O)N/N=C\c2ccccc2C)cc1. The topological polar surface area (TPSA) is 79.8 Å². The third-order valence-corrected chi connectivity index (χ3v) is 3.35. The highest BCUT2D eigenvalue weighted by Crippen LogP contribution is 2.15. The van der Waals surface area contributed by atoms with Crippen molar-refractivity contribution in [2.75, 3.05) is 11.9 Å². The van der Waals surface area contributed by atoms with Crippen LogP contribution in [-0.4, -0.2) is 24.6 Å². The van der Waals surface area contributed by atoms with E-state index in [1.54, 1.807) is 24.3 Å². The molecule has 0 aliphatic carbocycles. The van der Waals surface area contributed by atoms with Crippen LogP contribution in [0.15, 0.2) is 53.6 Å². The molecule has 2 aromatic rings. The molecule has 0 bridgehead atoms. The molecule has 6 nitrogen and oxygen atoms in total. The largest absolute Gasteiger partial charge is 0.494 e. The van der Waals surface area contributed by atoms with E-state index in [1.807, 2.05) is 38.1 Å². The molecule has 2 N–H and O–H groups in total. The van der Waals surface area contributed by atoms with Gasteiger partial charge < -0.3 is 10.1 Å². The molecule has 0 aliphatic rings. The number of aryl methyl sites for hydroxylation is 1. The molecule has 2 amide bonds. The number of hydrogen-bond donors (Lipinski definition) is 2. The van der Waals surface area contributed by atoms with Gasteiger partial charge in [0.05, 0.1) is 12.8 Å². The van der Waals surface area contributed by atoms with E-state index in [9.17, 15) is 9.59 Å². The first-order valence-electron chi connectivity index (χ1n) is 8.03. The van der Waals surface area contributed by atoms with Gasteiger partial charge in [-0.25, -0.2) is 5.43 Å². The van der Waals surface area contributed by atoms with Gasteiger partial charge in [0.2, 0.25) is 0 Å². The van der Waals surface area contributed by atoms with Crippen LogP contribution < -0.4 is 15.5 Å². The van der Waals surface area contributed by atoms with E-state index in [1.165, 1.54) is 6.21 Å². The van der Waals surface area contributed by atoms with E-state index in [0.717, 1.165) is 17.5 Å². The van der Waals surface area contributed by atoms with Crippen molar-refractivity contribution in [2.24, 2.45) is 5.10 Å². The lowest BCUT2D eigenvalue weighted by molar-refractivity contribution is -0.136. The Morgan fingerprint density at radius 3 is 2.48 bits per heavy atom. The zero-order valence-corrected chi connectivity index (χ0v) is 14.3. The smallest absolute Gasteiger partial charge is 0.329 e. The van der Waals surface area contributed by atoms with Gasteiger partial charge in [-0.05, 0) is 48.7 Å². The van der Waals surface area contributed by atoms with Crippen molar-refractivity contribution in [1.29, 1.82) is 0 Å². The summed E-state index contributed by atoms with van der Waals surface area (Å²) in [7, 11) is 0. The number of hydrazone groups is 1. The van der Waals surface area contributed by atoms with Crippen LogP contribution in [0.25, 0.3) is 0 Å². The summed E-state index contributed by atoms with van der Waals surface area (Å²) in [5, 5.41) is 6.31. The molecular formula is C19H21N3O3. The van der Waals surface area contributed by atoms with Crippen molar-refractivity contribution in [3.63, 3.8) is 0 Å². The second-order valence-electron chi connectivity index (χ2n) is 5.38. The van der Waals surface area contributed by atoms with E-state index >= 15 is 0 Å². The Balaban J connectivity index is 1.85. The molecule has 0 fully saturated rings. The lowest BCUT2D eigenvalue weighted by Crippen LogP contribution is -2.32. The summed E-state index contributed by atoms with van der Waals surface area (Å²) in [5.41, 5.74) is 4.61. The number of ether oxygens (including phenoxy) is 1. The zero-order chi connectivity index (χ0) is 18.1. The summed E-state index contributed by atoms with van der Waals surface area (Å²) < 4.78 is 5.46. The number of benzene rings is 2. The first kappa shape index (κ1) is 18.2. The van der Waals surface area contributed by atoms with Crippen LogP contribution in [0.3, 0.4) is 0 Å². The summed E-state index contributed by atoms with van der Waals surface area (Å²) >= 11 is 0. The standard InChI is InChI=1S/C19H21N3O3/c1-3-12-25-17-10-8-16(9-11-17)21-18(23)19(24)22-20-13-15-7-5-4-6-14(15)2/h4-11,13H,3,12H2,1-2H3,(H,21,23)(H,22,24)/b20-13-. The fourth-order valence-electron chi connectivity index (χ4n) is 1.99. The van der Waals surface area contributed by atoms with E-state index < -0.39 is 11.8 Å². The summed E-state index contributed by atoms with van der Waals surface area (Å²) in [6.45, 7) is 4.59. The first-order valence-corrected chi connectivity index (χ1v) is 8.03. The molecule has 6 heteroatoms. The van der Waals surface area contributed by atoms with Crippen LogP contribution in [0.2, 0.25) is 0 Å². The number of rotatable bonds is 6. The molecule has 0 atom stereocenters. The van der Waals surface area contributed by atoms with Crippen LogP contribution in [0.4, 0.5) is 5.69 Å². The lowest BCUT2D eigenvalue weighted by Gasteiger charge is -2.07. The Morgan fingerprint density at radius 1 is 1.08 bits per heavy atom. The summed E-state index contributed by atoms with van der Waals surface area (Å²) in [5.74, 6) is -0.910. The molecule has 0 saturated carbocycles. The fraction of sp³-hybridized carbons (Fsp3) is 0.211. The van der Waals surface area contributed by atoms with Gasteiger partial charge in [-0.2, -0.15) is 5.10 Å². The monoisotopic (exact) mass is 339 g/mol. The Kier molecular flexibility index (Phi) is 6.71. The van der Waals surface area contributed by atoms with Gasteiger partial charge in [0.25, 0.3) is 0 Å². The Bertz CT molecular complexity index is 755. The van der Waals surface area contributed by atoms with Crippen molar-refractivity contribution in [3.05, 3.63) is 59.7 Å². The Morgan fingerprint density at radius 2 is 1.80 bits per heavy atom. The molecule has 0 aromatic heterocycles. The van der Waals surface area contributed by atoms with Crippen LogP contribution in [0.5, 0.6) is 5.75 Å². The minimum absolute atomic E-state index is 0.506. The molecule has 0 radical (unpaired) electrons. The molecule has 0 spiro atoms. The third-order valence-electron chi connectivity index (χ3n) is 3.35. The number of amides is 2. The molecular weight excluding hydrogens is 318 g/mol. The number of anilines is 1. The van der Waals surface area contributed by atoms with Crippen LogP contribution in [-0.2, 0) is 9.59 Å². The zero-order valence-electron chi connectivity index (χ0n) is 14.3. The highest BCUT2D eigenvalue weighted by atomic mass is 16.5. The van der Waals surface area contributed by atoms with E-state index in [2.05, 4.69) is 15.8 Å².